The van der Waals surface area contributed by atoms with Crippen LogP contribution in [0.3, 0.4) is 0 Å². The standard InChI is InChI=1S/C14H19Cl2N/c1-14(2,3)17-9-5-8-12(17)13-10(15)6-4-7-11(13)16/h4,6-7,12H,5,8-9H2,1-3H3/t12-/m1/s1. The van der Waals surface area contributed by atoms with Gasteiger partial charge in [0.25, 0.3) is 0 Å². The SMILES string of the molecule is CC(C)(C)N1CCC[C@@H]1c1c(Cl)cccc1Cl. The summed E-state index contributed by atoms with van der Waals surface area (Å²) in [7, 11) is 0. The fourth-order valence-electron chi connectivity index (χ4n) is 2.70. The topological polar surface area (TPSA) is 3.24 Å². The first kappa shape index (κ1) is 13.2. The molecule has 1 heterocycles. The lowest BCUT2D eigenvalue weighted by molar-refractivity contribution is 0.122. The molecule has 1 aromatic rings. The molecule has 0 saturated carbocycles. The Morgan fingerprint density at radius 2 is 1.76 bits per heavy atom. The van der Waals surface area contributed by atoms with Crippen LogP contribution in [-0.4, -0.2) is 17.0 Å². The Hall–Kier alpha value is -0.240. The summed E-state index contributed by atoms with van der Waals surface area (Å²) in [5.41, 5.74) is 1.26. The molecule has 2 rings (SSSR count). The number of likely N-dealkylation sites (tertiary alicyclic amines) is 1. The highest BCUT2D eigenvalue weighted by Gasteiger charge is 2.35. The van der Waals surface area contributed by atoms with Crippen LogP contribution in [0.25, 0.3) is 0 Å². The summed E-state index contributed by atoms with van der Waals surface area (Å²) >= 11 is 12.6. The number of hydrogen-bond acceptors (Lipinski definition) is 1. The summed E-state index contributed by atoms with van der Waals surface area (Å²) in [6.45, 7) is 7.86. The smallest absolute Gasteiger partial charge is 0.0468 e. The van der Waals surface area contributed by atoms with Gasteiger partial charge >= 0.3 is 0 Å². The Morgan fingerprint density at radius 3 is 2.29 bits per heavy atom. The van der Waals surface area contributed by atoms with Crippen molar-refractivity contribution in [1.29, 1.82) is 0 Å². The van der Waals surface area contributed by atoms with E-state index in [1.54, 1.807) is 0 Å². The third kappa shape index (κ3) is 2.62. The second kappa shape index (κ2) is 4.79. The molecule has 0 N–H and O–H groups in total. The van der Waals surface area contributed by atoms with Crippen LogP contribution < -0.4 is 0 Å². The van der Waals surface area contributed by atoms with Crippen LogP contribution in [0.1, 0.15) is 45.2 Å². The monoisotopic (exact) mass is 271 g/mol. The first-order valence-corrected chi connectivity index (χ1v) is 6.87. The molecule has 1 aliphatic rings. The van der Waals surface area contributed by atoms with Crippen LogP contribution in [0.15, 0.2) is 18.2 Å². The second-order valence-electron chi connectivity index (χ2n) is 5.66. The summed E-state index contributed by atoms with van der Waals surface area (Å²) in [6, 6.07) is 6.13. The predicted octanol–water partition coefficient (Wildman–Crippen LogP) is 4.93. The maximum absolute atomic E-state index is 6.31. The van der Waals surface area contributed by atoms with E-state index in [9.17, 15) is 0 Å². The molecule has 0 unspecified atom stereocenters. The van der Waals surface area contributed by atoms with Gasteiger partial charge in [-0.2, -0.15) is 0 Å². The van der Waals surface area contributed by atoms with Crippen molar-refractivity contribution >= 4 is 23.2 Å². The van der Waals surface area contributed by atoms with E-state index in [1.165, 1.54) is 6.42 Å². The van der Waals surface area contributed by atoms with E-state index in [0.29, 0.717) is 6.04 Å². The molecular formula is C14H19Cl2N. The van der Waals surface area contributed by atoms with Crippen LogP contribution in [0.2, 0.25) is 10.0 Å². The van der Waals surface area contributed by atoms with Crippen molar-refractivity contribution in [2.24, 2.45) is 0 Å². The minimum atomic E-state index is 0.156. The zero-order valence-corrected chi connectivity index (χ0v) is 12.1. The van der Waals surface area contributed by atoms with Crippen LogP contribution >= 0.6 is 23.2 Å². The Bertz CT molecular complexity index is 389. The second-order valence-corrected chi connectivity index (χ2v) is 6.47. The fraction of sp³-hybridized carbons (Fsp3) is 0.571. The molecular weight excluding hydrogens is 253 g/mol. The van der Waals surface area contributed by atoms with Crippen LogP contribution in [0, 0.1) is 0 Å². The maximum atomic E-state index is 6.31. The Kier molecular flexibility index (Phi) is 3.72. The van der Waals surface area contributed by atoms with Gasteiger partial charge in [-0.25, -0.2) is 0 Å². The molecule has 0 bridgehead atoms. The van der Waals surface area contributed by atoms with E-state index >= 15 is 0 Å². The molecule has 0 aliphatic carbocycles. The maximum Gasteiger partial charge on any atom is 0.0468 e. The van der Waals surface area contributed by atoms with E-state index in [0.717, 1.165) is 28.6 Å². The highest BCUT2D eigenvalue weighted by molar-refractivity contribution is 6.36. The first-order chi connectivity index (χ1) is 7.91. The first-order valence-electron chi connectivity index (χ1n) is 6.12. The number of benzene rings is 1. The summed E-state index contributed by atoms with van der Waals surface area (Å²) in [5.74, 6) is 0. The molecule has 17 heavy (non-hydrogen) atoms. The minimum Gasteiger partial charge on any atom is -0.291 e. The normalized spacial score (nSPS) is 22.1. The lowest BCUT2D eigenvalue weighted by Crippen LogP contribution is -2.40. The van der Waals surface area contributed by atoms with Gasteiger partial charge in [0.2, 0.25) is 0 Å². The van der Waals surface area contributed by atoms with Crippen molar-refractivity contribution in [3.8, 4) is 0 Å². The van der Waals surface area contributed by atoms with Gasteiger partial charge in [0.15, 0.2) is 0 Å². The molecule has 0 amide bonds. The summed E-state index contributed by atoms with van der Waals surface area (Å²) in [6.07, 6.45) is 2.35. The van der Waals surface area contributed by atoms with Crippen molar-refractivity contribution in [2.45, 2.75) is 45.2 Å². The quantitative estimate of drug-likeness (QED) is 0.700. The van der Waals surface area contributed by atoms with E-state index in [1.807, 2.05) is 18.2 Å². The molecule has 1 aromatic carbocycles. The number of halogens is 2. The van der Waals surface area contributed by atoms with Crippen LogP contribution in [-0.2, 0) is 0 Å². The third-order valence-corrected chi connectivity index (χ3v) is 4.11. The van der Waals surface area contributed by atoms with Gasteiger partial charge in [-0.1, -0.05) is 29.3 Å². The van der Waals surface area contributed by atoms with Crippen LogP contribution in [0.4, 0.5) is 0 Å². The molecule has 0 spiro atoms. The van der Waals surface area contributed by atoms with Crippen molar-refractivity contribution in [2.75, 3.05) is 6.54 Å². The Balaban J connectivity index is 2.39. The number of hydrogen-bond donors (Lipinski definition) is 0. The molecule has 1 saturated heterocycles. The Morgan fingerprint density at radius 1 is 1.18 bits per heavy atom. The summed E-state index contributed by atoms with van der Waals surface area (Å²) in [5, 5.41) is 1.58. The summed E-state index contributed by atoms with van der Waals surface area (Å²) < 4.78 is 0. The van der Waals surface area contributed by atoms with E-state index < -0.39 is 0 Å². The van der Waals surface area contributed by atoms with Crippen molar-refractivity contribution in [1.82, 2.24) is 4.90 Å². The lowest BCUT2D eigenvalue weighted by atomic mass is 9.99. The number of rotatable bonds is 1. The molecule has 0 aromatic heterocycles. The van der Waals surface area contributed by atoms with Gasteiger partial charge in [0, 0.05) is 27.2 Å². The minimum absolute atomic E-state index is 0.156. The molecule has 1 aliphatic heterocycles. The van der Waals surface area contributed by atoms with Gasteiger partial charge in [-0.05, 0) is 52.3 Å². The largest absolute Gasteiger partial charge is 0.291 e. The highest BCUT2D eigenvalue weighted by Crippen LogP contribution is 2.42. The zero-order chi connectivity index (χ0) is 12.6. The van der Waals surface area contributed by atoms with Gasteiger partial charge in [-0.3, -0.25) is 4.90 Å². The lowest BCUT2D eigenvalue weighted by Gasteiger charge is -2.37. The number of nitrogens with zero attached hydrogens (tertiary/aromatic N) is 1. The van der Waals surface area contributed by atoms with Crippen molar-refractivity contribution < 1.29 is 0 Å². The zero-order valence-electron chi connectivity index (χ0n) is 10.6. The van der Waals surface area contributed by atoms with Gasteiger partial charge in [0.1, 0.15) is 0 Å². The molecule has 1 fully saturated rings. The van der Waals surface area contributed by atoms with Gasteiger partial charge in [0.05, 0.1) is 0 Å². The van der Waals surface area contributed by atoms with Gasteiger partial charge < -0.3 is 0 Å². The summed E-state index contributed by atoms with van der Waals surface area (Å²) in [4.78, 5) is 2.50. The predicted molar refractivity (Wildman–Crippen MR) is 74.9 cm³/mol. The third-order valence-electron chi connectivity index (χ3n) is 3.45. The Labute approximate surface area is 114 Å². The average Bonchev–Trinajstić information content (AvgIpc) is 2.65. The molecule has 1 nitrogen and oxygen atoms in total. The average molecular weight is 272 g/mol. The molecule has 0 radical (unpaired) electrons. The molecule has 3 heteroatoms. The van der Waals surface area contributed by atoms with E-state index in [2.05, 4.69) is 25.7 Å². The fourth-order valence-corrected chi connectivity index (χ4v) is 3.35. The van der Waals surface area contributed by atoms with Crippen LogP contribution in [0.5, 0.6) is 0 Å². The highest BCUT2D eigenvalue weighted by atomic mass is 35.5. The van der Waals surface area contributed by atoms with E-state index in [-0.39, 0.29) is 5.54 Å². The van der Waals surface area contributed by atoms with Gasteiger partial charge in [-0.15, -0.1) is 0 Å². The van der Waals surface area contributed by atoms with Crippen molar-refractivity contribution in [3.63, 3.8) is 0 Å². The molecule has 1 atom stereocenters. The van der Waals surface area contributed by atoms with E-state index in [4.69, 9.17) is 23.2 Å². The molecule has 94 valence electrons. The van der Waals surface area contributed by atoms with Crippen molar-refractivity contribution in [3.05, 3.63) is 33.8 Å².